The lowest BCUT2D eigenvalue weighted by molar-refractivity contribution is -0.128. The van der Waals surface area contributed by atoms with E-state index in [9.17, 15) is 9.59 Å². The Bertz CT molecular complexity index is 882. The van der Waals surface area contributed by atoms with Gasteiger partial charge in [-0.05, 0) is 24.4 Å². The van der Waals surface area contributed by atoms with Crippen LogP contribution in [-0.2, 0) is 9.59 Å². The summed E-state index contributed by atoms with van der Waals surface area (Å²) < 4.78 is 0. The molecule has 0 spiro atoms. The number of carbonyl (C=O) groups excluding carboxylic acids is 2. The van der Waals surface area contributed by atoms with Gasteiger partial charge in [0.25, 0.3) is 11.8 Å². The number of anilines is 1. The molecule has 0 radical (unpaired) electrons. The van der Waals surface area contributed by atoms with Crippen molar-refractivity contribution in [2.45, 2.75) is 0 Å². The number of allylic oxidation sites excluding steroid dienone is 3. The molecule has 1 atom stereocenters. The van der Waals surface area contributed by atoms with Gasteiger partial charge in [0.15, 0.2) is 5.71 Å². The summed E-state index contributed by atoms with van der Waals surface area (Å²) in [4.78, 5) is 29.0. The van der Waals surface area contributed by atoms with Gasteiger partial charge in [-0.1, -0.05) is 36.4 Å². The van der Waals surface area contributed by atoms with Crippen LogP contribution in [0.4, 0.5) is 5.69 Å². The molecule has 23 heavy (non-hydrogen) atoms. The zero-order valence-electron chi connectivity index (χ0n) is 11.8. The second-order valence-corrected chi connectivity index (χ2v) is 5.50. The largest absolute Gasteiger partial charge is 0.320 e. The molecule has 0 fully saturated rings. The SMILES string of the molecule is O=C1Nc2ccccc2/C1=N\N1C(=O)[C@@H]2C=CC=CC2=NC1=S. The average Bonchev–Trinajstić information content (AvgIpc) is 2.87. The molecule has 0 saturated heterocycles. The monoisotopic (exact) mass is 322 g/mol. The van der Waals surface area contributed by atoms with Crippen LogP contribution in [0, 0.1) is 5.92 Å². The summed E-state index contributed by atoms with van der Waals surface area (Å²) in [6, 6.07) is 7.16. The van der Waals surface area contributed by atoms with E-state index in [0.29, 0.717) is 17.0 Å². The van der Waals surface area contributed by atoms with Crippen LogP contribution < -0.4 is 5.32 Å². The number of hydrogen-bond acceptors (Lipinski definition) is 4. The van der Waals surface area contributed by atoms with Crippen molar-refractivity contribution >= 4 is 46.3 Å². The van der Waals surface area contributed by atoms with Gasteiger partial charge in [-0.3, -0.25) is 9.59 Å². The smallest absolute Gasteiger partial charge is 0.276 e. The van der Waals surface area contributed by atoms with Gasteiger partial charge in [-0.25, -0.2) is 4.99 Å². The fraction of sp³-hybridized carbons (Fsp3) is 0.0625. The van der Waals surface area contributed by atoms with Crippen molar-refractivity contribution in [3.63, 3.8) is 0 Å². The number of hydrazone groups is 1. The van der Waals surface area contributed by atoms with E-state index in [-0.39, 0.29) is 22.6 Å². The fourth-order valence-electron chi connectivity index (χ4n) is 2.62. The third kappa shape index (κ3) is 2.13. The zero-order chi connectivity index (χ0) is 16.0. The first-order valence-corrected chi connectivity index (χ1v) is 7.37. The molecule has 0 saturated carbocycles. The van der Waals surface area contributed by atoms with Gasteiger partial charge >= 0.3 is 0 Å². The van der Waals surface area contributed by atoms with E-state index in [0.717, 1.165) is 5.01 Å². The Hall–Kier alpha value is -2.93. The van der Waals surface area contributed by atoms with E-state index in [2.05, 4.69) is 15.4 Å². The highest BCUT2D eigenvalue weighted by atomic mass is 32.1. The average molecular weight is 322 g/mol. The summed E-state index contributed by atoms with van der Waals surface area (Å²) in [6.07, 6.45) is 7.06. The minimum atomic E-state index is -0.518. The topological polar surface area (TPSA) is 74.1 Å². The maximum absolute atomic E-state index is 12.6. The van der Waals surface area contributed by atoms with Crippen molar-refractivity contribution in [2.75, 3.05) is 5.32 Å². The van der Waals surface area contributed by atoms with Gasteiger partial charge in [0.05, 0.1) is 11.4 Å². The Morgan fingerprint density at radius 1 is 1.22 bits per heavy atom. The number of benzene rings is 1. The summed E-state index contributed by atoms with van der Waals surface area (Å²) in [7, 11) is 0. The van der Waals surface area contributed by atoms with Gasteiger partial charge in [-0.15, -0.1) is 0 Å². The number of para-hydroxylation sites is 1. The molecule has 1 aliphatic carbocycles. The number of thiocarbonyl (C=S) groups is 1. The van der Waals surface area contributed by atoms with Crippen LogP contribution in [0.25, 0.3) is 0 Å². The second kappa shape index (κ2) is 5.06. The predicted molar refractivity (Wildman–Crippen MR) is 90.3 cm³/mol. The number of amides is 2. The highest BCUT2D eigenvalue weighted by molar-refractivity contribution is 7.80. The molecule has 112 valence electrons. The zero-order valence-corrected chi connectivity index (χ0v) is 12.6. The Balaban J connectivity index is 1.77. The molecule has 1 aromatic carbocycles. The van der Waals surface area contributed by atoms with Gasteiger partial charge in [0, 0.05) is 5.56 Å². The van der Waals surface area contributed by atoms with Gasteiger partial charge < -0.3 is 5.32 Å². The molecule has 2 aliphatic heterocycles. The number of hydrogen-bond donors (Lipinski definition) is 1. The molecule has 4 rings (SSSR count). The molecule has 7 heteroatoms. The van der Waals surface area contributed by atoms with Crippen LogP contribution in [-0.4, -0.2) is 33.4 Å². The van der Waals surface area contributed by atoms with Crippen LogP contribution in [0.5, 0.6) is 0 Å². The number of aliphatic imine (C=N–C) groups is 1. The molecule has 0 unspecified atom stereocenters. The van der Waals surface area contributed by atoms with Crippen molar-refractivity contribution in [1.29, 1.82) is 0 Å². The van der Waals surface area contributed by atoms with Crippen LogP contribution in [0.3, 0.4) is 0 Å². The Morgan fingerprint density at radius 2 is 2.04 bits per heavy atom. The Labute approximate surface area is 136 Å². The Kier molecular flexibility index (Phi) is 3.02. The van der Waals surface area contributed by atoms with Crippen LogP contribution in [0.2, 0.25) is 0 Å². The molecule has 1 N–H and O–H groups in total. The van der Waals surface area contributed by atoms with Crippen LogP contribution in [0.15, 0.2) is 58.7 Å². The van der Waals surface area contributed by atoms with Crippen molar-refractivity contribution in [3.8, 4) is 0 Å². The van der Waals surface area contributed by atoms with E-state index in [4.69, 9.17) is 12.2 Å². The first kappa shape index (κ1) is 13.7. The highest BCUT2D eigenvalue weighted by Gasteiger charge is 2.36. The number of rotatable bonds is 1. The third-order valence-electron chi connectivity index (χ3n) is 3.73. The minimum Gasteiger partial charge on any atom is -0.320 e. The first-order chi connectivity index (χ1) is 11.1. The molecule has 0 aromatic heterocycles. The van der Waals surface area contributed by atoms with Crippen molar-refractivity contribution in [1.82, 2.24) is 5.01 Å². The van der Waals surface area contributed by atoms with Gasteiger partial charge in [0.2, 0.25) is 5.11 Å². The van der Waals surface area contributed by atoms with Crippen molar-refractivity contribution in [3.05, 3.63) is 54.1 Å². The normalized spacial score (nSPS) is 23.7. The highest BCUT2D eigenvalue weighted by Crippen LogP contribution is 2.25. The van der Waals surface area contributed by atoms with Crippen LogP contribution in [0.1, 0.15) is 5.56 Å². The van der Waals surface area contributed by atoms with E-state index in [1.807, 2.05) is 6.07 Å². The maximum atomic E-state index is 12.6. The molecule has 1 aromatic rings. The molecule has 0 bridgehead atoms. The molecule has 2 heterocycles. The molecule has 2 amide bonds. The molecular weight excluding hydrogens is 312 g/mol. The second-order valence-electron chi connectivity index (χ2n) is 5.14. The van der Waals surface area contributed by atoms with E-state index >= 15 is 0 Å². The quantitative estimate of drug-likeness (QED) is 0.799. The lowest BCUT2D eigenvalue weighted by Crippen LogP contribution is -2.43. The predicted octanol–water partition coefficient (Wildman–Crippen LogP) is 1.65. The molecular formula is C16H10N4O2S. The van der Waals surface area contributed by atoms with Gasteiger partial charge in [0.1, 0.15) is 5.92 Å². The summed E-state index contributed by atoms with van der Waals surface area (Å²) >= 11 is 5.17. The van der Waals surface area contributed by atoms with E-state index in [1.165, 1.54) is 0 Å². The van der Waals surface area contributed by atoms with Crippen molar-refractivity contribution in [2.24, 2.45) is 16.0 Å². The number of nitrogens with zero attached hydrogens (tertiary/aromatic N) is 3. The van der Waals surface area contributed by atoms with Crippen LogP contribution >= 0.6 is 12.2 Å². The van der Waals surface area contributed by atoms with E-state index < -0.39 is 5.92 Å². The summed E-state index contributed by atoms with van der Waals surface area (Å²) in [5.41, 5.74) is 2.05. The van der Waals surface area contributed by atoms with E-state index in [1.54, 1.807) is 42.5 Å². The lowest BCUT2D eigenvalue weighted by atomic mass is 9.96. The summed E-state index contributed by atoms with van der Waals surface area (Å²) in [6.45, 7) is 0. The molecule has 3 aliphatic rings. The van der Waals surface area contributed by atoms with Crippen molar-refractivity contribution < 1.29 is 9.59 Å². The van der Waals surface area contributed by atoms with Gasteiger partial charge in [-0.2, -0.15) is 10.1 Å². The summed E-state index contributed by atoms with van der Waals surface area (Å²) in [5, 5.41) is 7.97. The lowest BCUT2D eigenvalue weighted by Gasteiger charge is -2.26. The summed E-state index contributed by atoms with van der Waals surface area (Å²) in [5.74, 6) is -1.20. The number of carbonyl (C=O) groups is 2. The fourth-order valence-corrected chi connectivity index (χ4v) is 2.86. The number of nitrogens with one attached hydrogen (secondary N) is 1. The minimum absolute atomic E-state index is 0.0332. The first-order valence-electron chi connectivity index (χ1n) is 6.96. The molecule has 6 nitrogen and oxygen atoms in total. The third-order valence-corrected chi connectivity index (χ3v) is 3.99. The number of fused-ring (bicyclic) bond motifs is 2. The Morgan fingerprint density at radius 3 is 2.91 bits per heavy atom. The maximum Gasteiger partial charge on any atom is 0.276 e. The standard InChI is InChI=1S/C16H10N4O2S/c21-14-13(9-5-1-3-7-11(9)17-14)19-20-15(22)10-6-2-4-8-12(10)18-16(20)23/h1-8,10H,(H,17,19,21)/t10-/m1/s1.